The maximum atomic E-state index is 11.3. The summed E-state index contributed by atoms with van der Waals surface area (Å²) in [5.74, 6) is 2.14. The highest BCUT2D eigenvalue weighted by atomic mass is 16.5. The number of benzene rings is 2. The molecule has 0 atom stereocenters. The third-order valence-corrected chi connectivity index (χ3v) is 5.94. The monoisotopic (exact) mass is 408 g/mol. The standard InChI is InChI=1S/C24H28N2O4/c1-28-19-9-8-17-14-18(23(30-3)25-21(17)15-19)16-26-12-10-24(27,11-13-26)20-6-4-5-7-22(20)29-2/h4-9,14-15,27H,10-13,16H2,1-3H3. The number of fused-ring (bicyclic) bond motifs is 1. The van der Waals surface area contributed by atoms with Crippen LogP contribution < -0.4 is 14.2 Å². The Morgan fingerprint density at radius 3 is 2.43 bits per heavy atom. The van der Waals surface area contributed by atoms with Crippen LogP contribution in [0.1, 0.15) is 24.0 Å². The van der Waals surface area contributed by atoms with E-state index in [0.29, 0.717) is 18.7 Å². The summed E-state index contributed by atoms with van der Waals surface area (Å²) in [4.78, 5) is 7.00. The van der Waals surface area contributed by atoms with Crippen LogP contribution in [-0.2, 0) is 12.1 Å². The van der Waals surface area contributed by atoms with Gasteiger partial charge in [0.05, 0.1) is 32.4 Å². The van der Waals surface area contributed by atoms with E-state index < -0.39 is 5.60 Å². The highest BCUT2D eigenvalue weighted by Gasteiger charge is 2.36. The number of nitrogens with zero attached hydrogens (tertiary/aromatic N) is 2. The van der Waals surface area contributed by atoms with E-state index in [2.05, 4.69) is 16.0 Å². The Morgan fingerprint density at radius 2 is 1.73 bits per heavy atom. The van der Waals surface area contributed by atoms with Crippen LogP contribution in [0.25, 0.3) is 10.9 Å². The fourth-order valence-corrected chi connectivity index (χ4v) is 4.21. The van der Waals surface area contributed by atoms with Gasteiger partial charge in [-0.1, -0.05) is 18.2 Å². The third kappa shape index (κ3) is 3.93. The van der Waals surface area contributed by atoms with Crippen LogP contribution in [0.2, 0.25) is 0 Å². The zero-order valence-corrected chi connectivity index (χ0v) is 17.7. The Labute approximate surface area is 177 Å². The molecular weight excluding hydrogens is 380 g/mol. The van der Waals surface area contributed by atoms with Gasteiger partial charge in [-0.05, 0) is 37.1 Å². The molecule has 0 aliphatic carbocycles. The van der Waals surface area contributed by atoms with Crippen LogP contribution in [0, 0.1) is 0 Å². The van der Waals surface area contributed by atoms with Crippen LogP contribution >= 0.6 is 0 Å². The first-order valence-electron chi connectivity index (χ1n) is 10.2. The Hall–Kier alpha value is -2.83. The van der Waals surface area contributed by atoms with Crippen LogP contribution in [0.15, 0.2) is 48.5 Å². The summed E-state index contributed by atoms with van der Waals surface area (Å²) < 4.78 is 16.3. The lowest BCUT2D eigenvalue weighted by Gasteiger charge is -2.39. The number of rotatable bonds is 6. The molecule has 6 heteroatoms. The van der Waals surface area contributed by atoms with Crippen molar-refractivity contribution in [2.45, 2.75) is 25.0 Å². The van der Waals surface area contributed by atoms with E-state index in [1.165, 1.54) is 0 Å². The SMILES string of the molecule is COc1ccc2cc(CN3CCC(O)(c4ccccc4OC)CC3)c(OC)nc2c1. The highest BCUT2D eigenvalue weighted by molar-refractivity contribution is 5.81. The lowest BCUT2D eigenvalue weighted by atomic mass is 9.84. The van der Waals surface area contributed by atoms with Gasteiger partial charge in [0.15, 0.2) is 0 Å². The zero-order chi connectivity index (χ0) is 21.1. The van der Waals surface area contributed by atoms with E-state index in [9.17, 15) is 5.11 Å². The number of pyridine rings is 1. The van der Waals surface area contributed by atoms with Gasteiger partial charge in [0.25, 0.3) is 0 Å². The van der Waals surface area contributed by atoms with Crippen LogP contribution in [-0.4, -0.2) is 49.4 Å². The number of likely N-dealkylation sites (tertiary alicyclic amines) is 1. The van der Waals surface area contributed by atoms with Crippen molar-refractivity contribution in [2.24, 2.45) is 0 Å². The predicted octanol–water partition coefficient (Wildman–Crippen LogP) is 3.74. The number of piperidine rings is 1. The number of methoxy groups -OCH3 is 3. The highest BCUT2D eigenvalue weighted by Crippen LogP contribution is 2.38. The molecule has 0 saturated carbocycles. The smallest absolute Gasteiger partial charge is 0.218 e. The second-order valence-corrected chi connectivity index (χ2v) is 7.72. The summed E-state index contributed by atoms with van der Waals surface area (Å²) in [6.45, 7) is 2.27. The minimum absolute atomic E-state index is 0.626. The minimum atomic E-state index is -0.870. The van der Waals surface area contributed by atoms with Gasteiger partial charge in [-0.3, -0.25) is 4.90 Å². The van der Waals surface area contributed by atoms with Crippen molar-refractivity contribution in [1.29, 1.82) is 0 Å². The van der Waals surface area contributed by atoms with Crippen molar-refractivity contribution in [3.8, 4) is 17.4 Å². The molecule has 0 unspecified atom stereocenters. The number of aliphatic hydroxyl groups is 1. The first-order valence-corrected chi connectivity index (χ1v) is 10.2. The molecule has 30 heavy (non-hydrogen) atoms. The number of aromatic nitrogens is 1. The number of para-hydroxylation sites is 1. The summed E-state index contributed by atoms with van der Waals surface area (Å²) in [5.41, 5.74) is 1.88. The van der Waals surface area contributed by atoms with Crippen molar-refractivity contribution in [1.82, 2.24) is 9.88 Å². The first kappa shape index (κ1) is 20.4. The average molecular weight is 408 g/mol. The second kappa shape index (κ2) is 8.50. The van der Waals surface area contributed by atoms with Crippen molar-refractivity contribution < 1.29 is 19.3 Å². The Balaban J connectivity index is 1.51. The lowest BCUT2D eigenvalue weighted by molar-refractivity contribution is -0.0293. The Kier molecular flexibility index (Phi) is 5.79. The van der Waals surface area contributed by atoms with Gasteiger partial charge < -0.3 is 19.3 Å². The van der Waals surface area contributed by atoms with E-state index in [4.69, 9.17) is 14.2 Å². The van der Waals surface area contributed by atoms with Gasteiger partial charge in [-0.15, -0.1) is 0 Å². The molecule has 1 N–H and O–H groups in total. The Bertz CT molecular complexity index is 1030. The molecule has 1 aliphatic heterocycles. The van der Waals surface area contributed by atoms with E-state index in [1.807, 2.05) is 42.5 Å². The maximum Gasteiger partial charge on any atom is 0.218 e. The minimum Gasteiger partial charge on any atom is -0.497 e. The third-order valence-electron chi connectivity index (χ3n) is 5.94. The van der Waals surface area contributed by atoms with Crippen LogP contribution in [0.3, 0.4) is 0 Å². The van der Waals surface area contributed by atoms with Gasteiger partial charge in [-0.25, -0.2) is 4.98 Å². The predicted molar refractivity (Wildman–Crippen MR) is 116 cm³/mol. The second-order valence-electron chi connectivity index (χ2n) is 7.72. The fraction of sp³-hybridized carbons (Fsp3) is 0.375. The molecule has 4 rings (SSSR count). The van der Waals surface area contributed by atoms with E-state index in [-0.39, 0.29) is 0 Å². The van der Waals surface area contributed by atoms with Gasteiger partial charge in [0.2, 0.25) is 5.88 Å². The molecule has 1 saturated heterocycles. The van der Waals surface area contributed by atoms with Gasteiger partial charge in [0, 0.05) is 42.2 Å². The number of hydrogen-bond donors (Lipinski definition) is 1. The van der Waals surface area contributed by atoms with Gasteiger partial charge >= 0.3 is 0 Å². The molecule has 158 valence electrons. The average Bonchev–Trinajstić information content (AvgIpc) is 2.79. The molecule has 0 spiro atoms. The summed E-state index contributed by atoms with van der Waals surface area (Å²) in [6, 6.07) is 15.7. The first-order chi connectivity index (χ1) is 14.6. The summed E-state index contributed by atoms with van der Waals surface area (Å²) >= 11 is 0. The molecule has 1 fully saturated rings. The molecule has 1 aliphatic rings. The fourth-order valence-electron chi connectivity index (χ4n) is 4.21. The van der Waals surface area contributed by atoms with Crippen LogP contribution in [0.4, 0.5) is 0 Å². The zero-order valence-electron chi connectivity index (χ0n) is 17.7. The molecule has 0 radical (unpaired) electrons. The van der Waals surface area contributed by atoms with E-state index in [0.717, 1.165) is 53.2 Å². The van der Waals surface area contributed by atoms with Gasteiger partial charge in [0.1, 0.15) is 11.5 Å². The van der Waals surface area contributed by atoms with E-state index in [1.54, 1.807) is 21.3 Å². The number of ether oxygens (including phenoxy) is 3. The van der Waals surface area contributed by atoms with Crippen molar-refractivity contribution in [3.63, 3.8) is 0 Å². The molecule has 2 aromatic carbocycles. The molecular formula is C24H28N2O4. The van der Waals surface area contributed by atoms with Crippen molar-refractivity contribution >= 4 is 10.9 Å². The molecule has 0 amide bonds. The summed E-state index contributed by atoms with van der Waals surface area (Å²) in [6.07, 6.45) is 1.29. The van der Waals surface area contributed by atoms with Crippen LogP contribution in [0.5, 0.6) is 17.4 Å². The lowest BCUT2D eigenvalue weighted by Crippen LogP contribution is -2.42. The molecule has 6 nitrogen and oxygen atoms in total. The van der Waals surface area contributed by atoms with Gasteiger partial charge in [-0.2, -0.15) is 0 Å². The van der Waals surface area contributed by atoms with Crippen molar-refractivity contribution in [3.05, 3.63) is 59.7 Å². The topological polar surface area (TPSA) is 64.1 Å². The molecule has 2 heterocycles. The molecule has 1 aromatic heterocycles. The number of hydrogen-bond acceptors (Lipinski definition) is 6. The maximum absolute atomic E-state index is 11.3. The summed E-state index contributed by atoms with van der Waals surface area (Å²) in [7, 11) is 4.94. The molecule has 3 aromatic rings. The normalized spacial score (nSPS) is 16.4. The van der Waals surface area contributed by atoms with E-state index >= 15 is 0 Å². The quantitative estimate of drug-likeness (QED) is 0.670. The van der Waals surface area contributed by atoms with Crippen molar-refractivity contribution in [2.75, 3.05) is 34.4 Å². The largest absolute Gasteiger partial charge is 0.497 e. The molecule has 0 bridgehead atoms. The summed E-state index contributed by atoms with van der Waals surface area (Å²) in [5, 5.41) is 12.3. The Morgan fingerprint density at radius 1 is 0.967 bits per heavy atom.